The van der Waals surface area contributed by atoms with E-state index in [4.69, 9.17) is 4.74 Å². The Labute approximate surface area is 139 Å². The topological polar surface area (TPSA) is 42.4 Å². The fourth-order valence-electron chi connectivity index (χ4n) is 3.86. The van der Waals surface area contributed by atoms with Gasteiger partial charge in [0.25, 0.3) is 0 Å². The smallest absolute Gasteiger partial charge is 0.225 e. The summed E-state index contributed by atoms with van der Waals surface area (Å²) in [7, 11) is 0. The quantitative estimate of drug-likeness (QED) is 0.855. The van der Waals surface area contributed by atoms with Crippen LogP contribution in [0.25, 0.3) is 0 Å². The van der Waals surface area contributed by atoms with E-state index in [1.165, 1.54) is 29.5 Å². The van der Waals surface area contributed by atoms with Crippen LogP contribution in [-0.4, -0.2) is 28.9 Å². The van der Waals surface area contributed by atoms with Gasteiger partial charge in [-0.15, -0.1) is 0 Å². The minimum Gasteiger partial charge on any atom is -0.377 e. The van der Waals surface area contributed by atoms with Gasteiger partial charge in [0.05, 0.1) is 6.61 Å². The van der Waals surface area contributed by atoms with Gasteiger partial charge in [0, 0.05) is 38.0 Å². The van der Waals surface area contributed by atoms with Crippen molar-refractivity contribution in [1.29, 1.82) is 0 Å². The molecule has 0 unspecified atom stereocenters. The number of amides is 1. The Balaban J connectivity index is 1.67. The summed E-state index contributed by atoms with van der Waals surface area (Å²) in [5, 5.41) is 0. The third-order valence-electron chi connectivity index (χ3n) is 5.37. The summed E-state index contributed by atoms with van der Waals surface area (Å²) in [6.07, 6.45) is 9.27. The molecule has 0 atom stereocenters. The summed E-state index contributed by atoms with van der Waals surface area (Å²) in [4.78, 5) is 19.2. The molecule has 1 aliphatic carbocycles. The lowest BCUT2D eigenvalue weighted by atomic mass is 9.82. The van der Waals surface area contributed by atoms with Gasteiger partial charge in [0.15, 0.2) is 0 Å². The van der Waals surface area contributed by atoms with Gasteiger partial charge in [0.2, 0.25) is 5.91 Å². The third-order valence-corrected chi connectivity index (χ3v) is 5.37. The van der Waals surface area contributed by atoms with Gasteiger partial charge in [-0.1, -0.05) is 6.92 Å². The molecule has 0 N–H and O–H groups in total. The lowest BCUT2D eigenvalue weighted by Gasteiger charge is -2.34. The number of nitrogens with zero attached hydrogens (tertiary/aromatic N) is 2. The Morgan fingerprint density at radius 3 is 2.83 bits per heavy atom. The Bertz CT molecular complexity index is 550. The minimum atomic E-state index is 0.243. The number of rotatable bonds is 4. The van der Waals surface area contributed by atoms with Crippen molar-refractivity contribution in [2.45, 2.75) is 59.1 Å². The molecule has 0 aromatic carbocycles. The zero-order valence-corrected chi connectivity index (χ0v) is 14.4. The van der Waals surface area contributed by atoms with E-state index in [1.54, 1.807) is 0 Å². The van der Waals surface area contributed by atoms with Gasteiger partial charge in [-0.05, 0) is 61.6 Å². The van der Waals surface area contributed by atoms with Crippen molar-refractivity contribution in [3.05, 3.63) is 29.1 Å². The van der Waals surface area contributed by atoms with E-state index in [1.807, 2.05) is 19.3 Å². The number of ether oxygens (including phenoxy) is 1. The number of hydrogen-bond donors (Lipinski definition) is 0. The van der Waals surface area contributed by atoms with Crippen LogP contribution in [-0.2, 0) is 29.1 Å². The zero-order valence-electron chi connectivity index (χ0n) is 14.4. The van der Waals surface area contributed by atoms with Crippen LogP contribution in [0.3, 0.4) is 0 Å². The molecule has 1 aliphatic heterocycles. The Morgan fingerprint density at radius 2 is 2.09 bits per heavy atom. The Kier molecular flexibility index (Phi) is 5.31. The van der Waals surface area contributed by atoms with Crippen LogP contribution < -0.4 is 0 Å². The first-order valence-corrected chi connectivity index (χ1v) is 9.00. The minimum absolute atomic E-state index is 0.243. The van der Waals surface area contributed by atoms with Gasteiger partial charge < -0.3 is 9.64 Å². The first-order chi connectivity index (χ1) is 11.2. The number of pyridine rings is 1. The highest BCUT2D eigenvalue weighted by Gasteiger charge is 2.30. The summed E-state index contributed by atoms with van der Waals surface area (Å²) >= 11 is 0. The normalized spacial score (nSPS) is 24.3. The van der Waals surface area contributed by atoms with Crippen molar-refractivity contribution in [3.63, 3.8) is 0 Å². The molecule has 1 amide bonds. The fraction of sp³-hybridized carbons (Fsp3) is 0.684. The van der Waals surface area contributed by atoms with Crippen LogP contribution in [0.1, 0.15) is 56.2 Å². The molecule has 1 fully saturated rings. The number of fused-ring (bicyclic) bond motifs is 1. The molecule has 0 bridgehead atoms. The molecule has 4 heteroatoms. The van der Waals surface area contributed by atoms with E-state index in [-0.39, 0.29) is 5.92 Å². The van der Waals surface area contributed by atoms with Crippen LogP contribution >= 0.6 is 0 Å². The summed E-state index contributed by atoms with van der Waals surface area (Å²) < 4.78 is 5.54. The molecular formula is C19H28N2O2. The molecule has 0 saturated heterocycles. The maximum absolute atomic E-state index is 12.8. The molecule has 2 heterocycles. The number of hydrogen-bond acceptors (Lipinski definition) is 3. The largest absolute Gasteiger partial charge is 0.377 e. The number of aromatic nitrogens is 1. The first-order valence-electron chi connectivity index (χ1n) is 9.00. The average molecular weight is 316 g/mol. The highest BCUT2D eigenvalue weighted by atomic mass is 16.5. The molecule has 4 nitrogen and oxygen atoms in total. The molecular weight excluding hydrogens is 288 g/mol. The summed E-state index contributed by atoms with van der Waals surface area (Å²) in [5.41, 5.74) is 3.73. The van der Waals surface area contributed by atoms with Crippen LogP contribution in [0.2, 0.25) is 0 Å². The van der Waals surface area contributed by atoms with Crippen molar-refractivity contribution in [1.82, 2.24) is 9.88 Å². The van der Waals surface area contributed by atoms with Crippen molar-refractivity contribution in [2.24, 2.45) is 11.8 Å². The molecule has 0 radical (unpaired) electrons. The van der Waals surface area contributed by atoms with E-state index < -0.39 is 0 Å². The molecule has 1 aromatic heterocycles. The monoisotopic (exact) mass is 316 g/mol. The standard InChI is InChI=1S/C19H28N2O2/c1-3-23-13-17-11-20-10-16-12-21(9-8-18(16)17)19(22)15-6-4-14(2)5-7-15/h10-11,14-15H,3-9,12-13H2,1-2H3. The molecule has 1 saturated carbocycles. The second-order valence-electron chi connectivity index (χ2n) is 7.04. The predicted molar refractivity (Wildman–Crippen MR) is 89.8 cm³/mol. The molecule has 2 aliphatic rings. The van der Waals surface area contributed by atoms with Gasteiger partial charge >= 0.3 is 0 Å². The molecule has 0 spiro atoms. The van der Waals surface area contributed by atoms with Gasteiger partial charge in [-0.3, -0.25) is 9.78 Å². The van der Waals surface area contributed by atoms with Crippen molar-refractivity contribution in [3.8, 4) is 0 Å². The van der Waals surface area contributed by atoms with Crippen LogP contribution in [0.4, 0.5) is 0 Å². The molecule has 3 rings (SSSR count). The lowest BCUT2D eigenvalue weighted by molar-refractivity contribution is -0.137. The maximum Gasteiger partial charge on any atom is 0.225 e. The van der Waals surface area contributed by atoms with E-state index in [9.17, 15) is 4.79 Å². The zero-order chi connectivity index (χ0) is 16.2. The number of carbonyl (C=O) groups excluding carboxylic acids is 1. The Morgan fingerprint density at radius 1 is 1.30 bits per heavy atom. The van der Waals surface area contributed by atoms with E-state index in [2.05, 4.69) is 16.8 Å². The van der Waals surface area contributed by atoms with Crippen LogP contribution in [0.5, 0.6) is 0 Å². The highest BCUT2D eigenvalue weighted by Crippen LogP contribution is 2.31. The summed E-state index contributed by atoms with van der Waals surface area (Å²) in [5.74, 6) is 1.39. The van der Waals surface area contributed by atoms with Gasteiger partial charge in [-0.2, -0.15) is 0 Å². The highest BCUT2D eigenvalue weighted by molar-refractivity contribution is 5.79. The van der Waals surface area contributed by atoms with Gasteiger partial charge in [-0.25, -0.2) is 0 Å². The van der Waals surface area contributed by atoms with E-state index in [0.29, 0.717) is 25.7 Å². The second kappa shape index (κ2) is 7.43. The van der Waals surface area contributed by atoms with E-state index in [0.717, 1.165) is 31.7 Å². The van der Waals surface area contributed by atoms with Crippen LogP contribution in [0.15, 0.2) is 12.4 Å². The molecule has 23 heavy (non-hydrogen) atoms. The van der Waals surface area contributed by atoms with E-state index >= 15 is 0 Å². The molecule has 1 aromatic rings. The average Bonchev–Trinajstić information content (AvgIpc) is 2.59. The van der Waals surface area contributed by atoms with Crippen molar-refractivity contribution < 1.29 is 9.53 Å². The van der Waals surface area contributed by atoms with Gasteiger partial charge in [0.1, 0.15) is 0 Å². The lowest BCUT2D eigenvalue weighted by Crippen LogP contribution is -2.41. The number of carbonyl (C=O) groups is 1. The van der Waals surface area contributed by atoms with Crippen molar-refractivity contribution >= 4 is 5.91 Å². The maximum atomic E-state index is 12.8. The van der Waals surface area contributed by atoms with Crippen LogP contribution in [0, 0.1) is 11.8 Å². The molecule has 126 valence electrons. The SMILES string of the molecule is CCOCc1cncc2c1CCN(C(=O)C1CCC(C)CC1)C2. The Hall–Kier alpha value is -1.42. The summed E-state index contributed by atoms with van der Waals surface area (Å²) in [6, 6.07) is 0. The van der Waals surface area contributed by atoms with Crippen molar-refractivity contribution in [2.75, 3.05) is 13.2 Å². The first kappa shape index (κ1) is 16.4. The third kappa shape index (κ3) is 3.74. The second-order valence-corrected chi connectivity index (χ2v) is 7.04. The fourth-order valence-corrected chi connectivity index (χ4v) is 3.86. The summed E-state index contributed by atoms with van der Waals surface area (Å²) in [6.45, 7) is 7.20. The predicted octanol–water partition coefficient (Wildman–Crippen LogP) is 3.33.